The summed E-state index contributed by atoms with van der Waals surface area (Å²) in [5, 5.41) is -0.134. The fraction of sp³-hybridized carbons (Fsp3) is 0.333. The lowest BCUT2D eigenvalue weighted by atomic mass is 10.2. The highest BCUT2D eigenvalue weighted by Gasteiger charge is 2.27. The first-order valence-electron chi connectivity index (χ1n) is 4.24. The topological polar surface area (TPSA) is 21.3 Å². The summed E-state index contributed by atoms with van der Waals surface area (Å²) in [6.07, 6.45) is -4.40. The third kappa shape index (κ3) is 4.34. The molecule has 0 saturated carbocycles. The van der Waals surface area contributed by atoms with Crippen LogP contribution in [0.5, 0.6) is 0 Å². The van der Waals surface area contributed by atoms with Crippen molar-refractivity contribution in [2.45, 2.75) is 12.7 Å². The van der Waals surface area contributed by atoms with E-state index in [1.807, 2.05) is 0 Å². The summed E-state index contributed by atoms with van der Waals surface area (Å²) < 4.78 is 47.9. The summed E-state index contributed by atoms with van der Waals surface area (Å²) in [4.78, 5) is 4.14. The molecule has 16 heavy (non-hydrogen) atoms. The van der Waals surface area contributed by atoms with Crippen molar-refractivity contribution >= 4 is 11.6 Å². The zero-order valence-corrected chi connectivity index (χ0v) is 8.70. The number of halogens is 5. The van der Waals surface area contributed by atoms with Gasteiger partial charge >= 0.3 is 6.18 Å². The molecule has 1 N–H and O–H groups in total. The van der Waals surface area contributed by atoms with Crippen molar-refractivity contribution < 1.29 is 22.4 Å². The molecule has 90 valence electrons. The standard InChI is InChI=1S/C9H8ClF4NO/c10-8-6(2-1-3-7(8)11)4-15-16-5-9(12,13)14/h1-3,15H,4-5H2. The van der Waals surface area contributed by atoms with Gasteiger partial charge in [0.2, 0.25) is 0 Å². The van der Waals surface area contributed by atoms with Crippen molar-refractivity contribution in [2.75, 3.05) is 6.61 Å². The molecule has 0 saturated heterocycles. The van der Waals surface area contributed by atoms with Crippen LogP contribution in [0.1, 0.15) is 5.56 Å². The summed E-state index contributed by atoms with van der Waals surface area (Å²) in [6.45, 7) is -1.52. The average Bonchev–Trinajstić information content (AvgIpc) is 2.17. The minimum absolute atomic E-state index is 0.104. The molecular formula is C9H8ClF4NO. The van der Waals surface area contributed by atoms with Crippen LogP contribution in [0.3, 0.4) is 0 Å². The summed E-state index contributed by atoms with van der Waals surface area (Å²) in [5.74, 6) is -0.628. The van der Waals surface area contributed by atoms with Gasteiger partial charge in [-0.15, -0.1) is 0 Å². The Morgan fingerprint density at radius 2 is 2.00 bits per heavy atom. The van der Waals surface area contributed by atoms with E-state index in [9.17, 15) is 17.6 Å². The van der Waals surface area contributed by atoms with E-state index in [1.165, 1.54) is 12.1 Å². The average molecular weight is 258 g/mol. The Bertz CT molecular complexity index is 356. The molecule has 0 aliphatic heterocycles. The molecule has 1 aromatic rings. The van der Waals surface area contributed by atoms with Gasteiger partial charge in [0, 0.05) is 6.54 Å². The molecule has 0 aliphatic carbocycles. The van der Waals surface area contributed by atoms with E-state index in [0.717, 1.165) is 6.07 Å². The summed E-state index contributed by atoms with van der Waals surface area (Å²) >= 11 is 5.57. The van der Waals surface area contributed by atoms with Crippen LogP contribution in [0.4, 0.5) is 17.6 Å². The lowest BCUT2D eigenvalue weighted by Gasteiger charge is -2.09. The van der Waals surface area contributed by atoms with Crippen molar-refractivity contribution in [3.05, 3.63) is 34.6 Å². The summed E-state index contributed by atoms with van der Waals surface area (Å²) in [7, 11) is 0. The summed E-state index contributed by atoms with van der Waals surface area (Å²) in [5.41, 5.74) is 2.38. The van der Waals surface area contributed by atoms with Gasteiger partial charge < -0.3 is 0 Å². The monoisotopic (exact) mass is 257 g/mol. The van der Waals surface area contributed by atoms with E-state index in [-0.39, 0.29) is 11.6 Å². The van der Waals surface area contributed by atoms with Gasteiger partial charge in [0.15, 0.2) is 6.61 Å². The zero-order chi connectivity index (χ0) is 12.2. The molecule has 1 aromatic carbocycles. The van der Waals surface area contributed by atoms with Crippen LogP contribution >= 0.6 is 11.6 Å². The van der Waals surface area contributed by atoms with Gasteiger partial charge in [-0.3, -0.25) is 4.84 Å². The van der Waals surface area contributed by atoms with Gasteiger partial charge in [-0.1, -0.05) is 23.7 Å². The van der Waals surface area contributed by atoms with Gasteiger partial charge in [-0.05, 0) is 11.6 Å². The van der Waals surface area contributed by atoms with Crippen LogP contribution in [-0.2, 0) is 11.4 Å². The first kappa shape index (κ1) is 13.2. The molecule has 0 amide bonds. The van der Waals surface area contributed by atoms with E-state index in [2.05, 4.69) is 10.3 Å². The van der Waals surface area contributed by atoms with Crippen LogP contribution in [0.15, 0.2) is 18.2 Å². The van der Waals surface area contributed by atoms with Crippen LogP contribution in [-0.4, -0.2) is 12.8 Å². The number of benzene rings is 1. The second-order valence-corrected chi connectivity index (χ2v) is 3.32. The Kier molecular flexibility index (Phi) is 4.52. The molecule has 2 nitrogen and oxygen atoms in total. The number of hydroxylamine groups is 1. The minimum Gasteiger partial charge on any atom is -0.292 e. The lowest BCUT2D eigenvalue weighted by molar-refractivity contribution is -0.190. The van der Waals surface area contributed by atoms with Crippen molar-refractivity contribution in [3.63, 3.8) is 0 Å². The number of rotatable bonds is 4. The van der Waals surface area contributed by atoms with Crippen molar-refractivity contribution in [1.82, 2.24) is 5.48 Å². The lowest BCUT2D eigenvalue weighted by Crippen LogP contribution is -2.24. The maximum Gasteiger partial charge on any atom is 0.413 e. The molecule has 0 aliphatic rings. The fourth-order valence-electron chi connectivity index (χ4n) is 0.947. The molecule has 7 heteroatoms. The maximum atomic E-state index is 12.9. The largest absolute Gasteiger partial charge is 0.413 e. The number of nitrogens with one attached hydrogen (secondary N) is 1. The van der Waals surface area contributed by atoms with Gasteiger partial charge in [0.1, 0.15) is 5.82 Å². The van der Waals surface area contributed by atoms with E-state index >= 15 is 0 Å². The Balaban J connectivity index is 2.41. The Labute approximate surface area is 94.1 Å². The second-order valence-electron chi connectivity index (χ2n) is 2.94. The first-order valence-corrected chi connectivity index (χ1v) is 4.62. The molecule has 0 aromatic heterocycles. The van der Waals surface area contributed by atoms with Gasteiger partial charge in [0.05, 0.1) is 5.02 Å². The first-order chi connectivity index (χ1) is 7.40. The number of alkyl halides is 3. The predicted octanol–water partition coefficient (Wildman–Crippen LogP) is 3.06. The van der Waals surface area contributed by atoms with E-state index in [4.69, 9.17) is 11.6 Å². The SMILES string of the molecule is Fc1cccc(CNOCC(F)(F)F)c1Cl. The van der Waals surface area contributed by atoms with E-state index in [1.54, 1.807) is 0 Å². The Hall–Kier alpha value is -0.850. The highest BCUT2D eigenvalue weighted by molar-refractivity contribution is 6.31. The van der Waals surface area contributed by atoms with Crippen molar-refractivity contribution in [3.8, 4) is 0 Å². The predicted molar refractivity (Wildman–Crippen MR) is 50.3 cm³/mol. The third-order valence-electron chi connectivity index (χ3n) is 1.63. The molecule has 0 heterocycles. The number of hydrogen-bond donors (Lipinski definition) is 1. The molecule has 0 bridgehead atoms. The van der Waals surface area contributed by atoms with Crippen molar-refractivity contribution in [2.24, 2.45) is 0 Å². The van der Waals surface area contributed by atoms with E-state index < -0.39 is 18.6 Å². The normalized spacial score (nSPS) is 11.8. The molecule has 0 atom stereocenters. The third-order valence-corrected chi connectivity index (χ3v) is 2.06. The van der Waals surface area contributed by atoms with Crippen LogP contribution in [0.25, 0.3) is 0 Å². The smallest absolute Gasteiger partial charge is 0.292 e. The van der Waals surface area contributed by atoms with E-state index in [0.29, 0.717) is 5.56 Å². The molecular weight excluding hydrogens is 250 g/mol. The molecule has 0 unspecified atom stereocenters. The fourth-order valence-corrected chi connectivity index (χ4v) is 1.14. The quantitative estimate of drug-likeness (QED) is 0.508. The van der Waals surface area contributed by atoms with Crippen LogP contribution < -0.4 is 5.48 Å². The van der Waals surface area contributed by atoms with Gasteiger partial charge in [0.25, 0.3) is 0 Å². The zero-order valence-electron chi connectivity index (χ0n) is 7.94. The molecule has 0 fully saturated rings. The van der Waals surface area contributed by atoms with Gasteiger partial charge in [-0.25, -0.2) is 4.39 Å². The number of hydrogen-bond acceptors (Lipinski definition) is 2. The van der Waals surface area contributed by atoms with Crippen LogP contribution in [0, 0.1) is 5.82 Å². The molecule has 0 spiro atoms. The second kappa shape index (κ2) is 5.47. The van der Waals surface area contributed by atoms with Crippen molar-refractivity contribution in [1.29, 1.82) is 0 Å². The Morgan fingerprint density at radius 3 is 2.62 bits per heavy atom. The Morgan fingerprint density at radius 1 is 1.31 bits per heavy atom. The minimum atomic E-state index is -4.40. The highest BCUT2D eigenvalue weighted by atomic mass is 35.5. The highest BCUT2D eigenvalue weighted by Crippen LogP contribution is 2.19. The van der Waals surface area contributed by atoms with Crippen LogP contribution in [0.2, 0.25) is 5.02 Å². The molecule has 0 radical (unpaired) electrons. The van der Waals surface area contributed by atoms with Gasteiger partial charge in [-0.2, -0.15) is 18.7 Å². The maximum absolute atomic E-state index is 12.9. The summed E-state index contributed by atoms with van der Waals surface area (Å²) in [6, 6.07) is 4.04. The molecule has 1 rings (SSSR count).